The third kappa shape index (κ3) is 5.70. The fourth-order valence-corrected chi connectivity index (χ4v) is 1.97. The van der Waals surface area contributed by atoms with Gasteiger partial charge in [0, 0.05) is 5.02 Å². The number of hydrogen-bond donors (Lipinski definition) is 0. The van der Waals surface area contributed by atoms with Gasteiger partial charge in [-0.3, -0.25) is 0 Å². The fourth-order valence-electron chi connectivity index (χ4n) is 1.84. The monoisotopic (exact) mass is 349 g/mol. The van der Waals surface area contributed by atoms with E-state index in [0.717, 1.165) is 17.2 Å². The predicted molar refractivity (Wildman–Crippen MR) is 94.0 cm³/mol. The van der Waals surface area contributed by atoms with E-state index in [4.69, 9.17) is 11.6 Å². The molecule has 0 spiro atoms. The third-order valence-corrected chi connectivity index (χ3v) is 3.35. The lowest BCUT2D eigenvalue weighted by molar-refractivity contribution is -0.0576. The molecule has 2 aromatic rings. The molecular formula is C19H15ClF3N. The Bertz CT molecular complexity index is 755. The van der Waals surface area contributed by atoms with Gasteiger partial charge in [-0.05, 0) is 42.8 Å². The number of hydrogen-bond acceptors (Lipinski definition) is 1. The summed E-state index contributed by atoms with van der Waals surface area (Å²) in [7, 11) is 0. The molecule has 0 aliphatic heterocycles. The van der Waals surface area contributed by atoms with Crippen molar-refractivity contribution >= 4 is 29.1 Å². The van der Waals surface area contributed by atoms with E-state index in [1.165, 1.54) is 12.2 Å². The van der Waals surface area contributed by atoms with E-state index in [2.05, 4.69) is 4.99 Å². The van der Waals surface area contributed by atoms with Gasteiger partial charge >= 0.3 is 6.18 Å². The zero-order valence-corrected chi connectivity index (χ0v) is 13.6. The maximum Gasteiger partial charge on any atom is 0.433 e. The second kappa shape index (κ2) is 7.97. The SMILES string of the molecule is Cc1ccc(N=C(/C=C/C=C/c2ccc(Cl)cc2)C(F)(F)F)cc1. The highest BCUT2D eigenvalue weighted by atomic mass is 35.5. The van der Waals surface area contributed by atoms with Gasteiger partial charge in [-0.15, -0.1) is 0 Å². The van der Waals surface area contributed by atoms with Gasteiger partial charge in [-0.2, -0.15) is 13.2 Å². The first-order chi connectivity index (χ1) is 11.3. The lowest BCUT2D eigenvalue weighted by atomic mass is 10.2. The first-order valence-electron chi connectivity index (χ1n) is 7.17. The molecule has 0 heterocycles. The van der Waals surface area contributed by atoms with Crippen LogP contribution in [0.2, 0.25) is 5.02 Å². The van der Waals surface area contributed by atoms with Crippen LogP contribution in [0.3, 0.4) is 0 Å². The molecule has 0 saturated heterocycles. The summed E-state index contributed by atoms with van der Waals surface area (Å²) in [5.41, 5.74) is 1.11. The van der Waals surface area contributed by atoms with E-state index in [-0.39, 0.29) is 5.69 Å². The maximum absolute atomic E-state index is 13.1. The fraction of sp³-hybridized carbons (Fsp3) is 0.105. The highest BCUT2D eigenvalue weighted by molar-refractivity contribution is 6.30. The Labute approximate surface area is 143 Å². The van der Waals surface area contributed by atoms with Crippen molar-refractivity contribution in [3.8, 4) is 0 Å². The van der Waals surface area contributed by atoms with Crippen molar-refractivity contribution in [2.45, 2.75) is 13.1 Å². The lowest BCUT2D eigenvalue weighted by Crippen LogP contribution is -2.20. The number of aliphatic imine (C=N–C) groups is 1. The van der Waals surface area contributed by atoms with Crippen LogP contribution in [0.15, 0.2) is 71.8 Å². The molecule has 0 bridgehead atoms. The number of halogens is 4. The van der Waals surface area contributed by atoms with Gasteiger partial charge in [-0.25, -0.2) is 4.99 Å². The molecule has 5 heteroatoms. The van der Waals surface area contributed by atoms with Crippen LogP contribution >= 0.6 is 11.6 Å². The molecular weight excluding hydrogens is 335 g/mol. The van der Waals surface area contributed by atoms with Gasteiger partial charge in [0.1, 0.15) is 5.71 Å². The molecule has 0 saturated carbocycles. The first-order valence-corrected chi connectivity index (χ1v) is 7.55. The maximum atomic E-state index is 13.1. The van der Waals surface area contributed by atoms with Crippen molar-refractivity contribution in [3.05, 3.63) is 82.9 Å². The summed E-state index contributed by atoms with van der Waals surface area (Å²) >= 11 is 5.77. The second-order valence-electron chi connectivity index (χ2n) is 5.10. The van der Waals surface area contributed by atoms with E-state index in [1.54, 1.807) is 54.6 Å². The molecule has 0 aliphatic rings. The molecule has 0 N–H and O–H groups in total. The Hall–Kier alpha value is -2.33. The lowest BCUT2D eigenvalue weighted by Gasteiger charge is -2.06. The molecule has 2 rings (SSSR count). The van der Waals surface area contributed by atoms with Crippen LogP contribution in [0.25, 0.3) is 6.08 Å². The van der Waals surface area contributed by atoms with Crippen LogP contribution in [-0.4, -0.2) is 11.9 Å². The van der Waals surface area contributed by atoms with Gasteiger partial charge < -0.3 is 0 Å². The Morgan fingerprint density at radius 2 is 1.58 bits per heavy atom. The summed E-state index contributed by atoms with van der Waals surface area (Å²) in [6.45, 7) is 1.86. The van der Waals surface area contributed by atoms with E-state index in [1.807, 2.05) is 6.92 Å². The minimum Gasteiger partial charge on any atom is -0.244 e. The average Bonchev–Trinajstić information content (AvgIpc) is 2.53. The van der Waals surface area contributed by atoms with Gasteiger partial charge in [-0.1, -0.05) is 59.7 Å². The van der Waals surface area contributed by atoms with Gasteiger partial charge in [0.05, 0.1) is 5.69 Å². The summed E-state index contributed by atoms with van der Waals surface area (Å²) in [6, 6.07) is 13.5. The second-order valence-corrected chi connectivity index (χ2v) is 5.54. The van der Waals surface area contributed by atoms with Crippen LogP contribution in [-0.2, 0) is 0 Å². The highest BCUT2D eigenvalue weighted by Crippen LogP contribution is 2.23. The Morgan fingerprint density at radius 3 is 2.17 bits per heavy atom. The molecule has 0 atom stereocenters. The number of alkyl halides is 3. The molecule has 0 amide bonds. The average molecular weight is 350 g/mol. The van der Waals surface area contributed by atoms with E-state index in [9.17, 15) is 13.2 Å². The normalized spacial score (nSPS) is 13.1. The topological polar surface area (TPSA) is 12.4 Å². The number of benzene rings is 2. The Balaban J connectivity index is 2.17. The summed E-state index contributed by atoms with van der Waals surface area (Å²) in [4.78, 5) is 3.68. The van der Waals surface area contributed by atoms with E-state index < -0.39 is 11.9 Å². The van der Waals surface area contributed by atoms with Gasteiger partial charge in [0.2, 0.25) is 0 Å². The van der Waals surface area contributed by atoms with Crippen molar-refractivity contribution in [1.82, 2.24) is 0 Å². The number of allylic oxidation sites excluding steroid dienone is 3. The zero-order valence-electron chi connectivity index (χ0n) is 12.9. The van der Waals surface area contributed by atoms with E-state index >= 15 is 0 Å². The zero-order chi connectivity index (χ0) is 17.6. The summed E-state index contributed by atoms with van der Waals surface area (Å²) in [5.74, 6) is 0. The van der Waals surface area contributed by atoms with Crippen LogP contribution in [0.1, 0.15) is 11.1 Å². The quantitative estimate of drug-likeness (QED) is 0.438. The van der Waals surface area contributed by atoms with Gasteiger partial charge in [0.15, 0.2) is 0 Å². The molecule has 24 heavy (non-hydrogen) atoms. The highest BCUT2D eigenvalue weighted by Gasteiger charge is 2.33. The van der Waals surface area contributed by atoms with Crippen LogP contribution in [0.5, 0.6) is 0 Å². The standard InChI is InChI=1S/C19H15ClF3N/c1-14-6-12-17(13-7-14)24-18(19(21,22)23)5-3-2-4-15-8-10-16(20)11-9-15/h2-13H,1H3/b4-2+,5-3+,24-18?. The van der Waals surface area contributed by atoms with Crippen molar-refractivity contribution in [2.24, 2.45) is 4.99 Å². The molecule has 0 fully saturated rings. The summed E-state index contributed by atoms with van der Waals surface area (Å²) < 4.78 is 39.2. The minimum absolute atomic E-state index is 0.263. The Morgan fingerprint density at radius 1 is 0.958 bits per heavy atom. The molecule has 0 unspecified atom stereocenters. The largest absolute Gasteiger partial charge is 0.433 e. The Kier molecular flexibility index (Phi) is 5.99. The predicted octanol–water partition coefficient (Wildman–Crippen LogP) is 6.55. The first kappa shape index (κ1) is 18.0. The van der Waals surface area contributed by atoms with Crippen molar-refractivity contribution in [1.29, 1.82) is 0 Å². The molecule has 2 aromatic carbocycles. The smallest absolute Gasteiger partial charge is 0.244 e. The number of rotatable bonds is 4. The van der Waals surface area contributed by atoms with Crippen LogP contribution in [0, 0.1) is 6.92 Å². The van der Waals surface area contributed by atoms with Crippen LogP contribution in [0.4, 0.5) is 18.9 Å². The molecule has 0 aliphatic carbocycles. The number of nitrogens with zero attached hydrogens (tertiary/aromatic N) is 1. The number of aryl methyl sites for hydroxylation is 1. The van der Waals surface area contributed by atoms with Crippen molar-refractivity contribution in [3.63, 3.8) is 0 Å². The van der Waals surface area contributed by atoms with Crippen molar-refractivity contribution < 1.29 is 13.2 Å². The van der Waals surface area contributed by atoms with Gasteiger partial charge in [0.25, 0.3) is 0 Å². The van der Waals surface area contributed by atoms with Crippen LogP contribution < -0.4 is 0 Å². The van der Waals surface area contributed by atoms with Crippen molar-refractivity contribution in [2.75, 3.05) is 0 Å². The molecule has 0 radical (unpaired) electrons. The molecule has 124 valence electrons. The van der Waals surface area contributed by atoms with E-state index in [0.29, 0.717) is 5.02 Å². The summed E-state index contributed by atoms with van der Waals surface area (Å²) in [5, 5.41) is 0.604. The molecule has 1 nitrogen and oxygen atoms in total. The minimum atomic E-state index is -4.52. The summed E-state index contributed by atoms with van der Waals surface area (Å²) in [6.07, 6.45) is 0.962. The molecule has 0 aromatic heterocycles. The third-order valence-electron chi connectivity index (χ3n) is 3.10.